The van der Waals surface area contributed by atoms with Crippen molar-refractivity contribution in [1.82, 2.24) is 20.5 Å². The van der Waals surface area contributed by atoms with Gasteiger partial charge in [0.15, 0.2) is 0 Å². The molecule has 1 aromatic heterocycles. The van der Waals surface area contributed by atoms with Crippen LogP contribution in [0.2, 0.25) is 0 Å². The van der Waals surface area contributed by atoms with Crippen molar-refractivity contribution >= 4 is 5.91 Å². The molecule has 1 atom stereocenters. The SMILES string of the molecule is Cc1nc(C(=O)NCC(C)CCO)n[nH]1. The number of aromatic amines is 1. The molecular formula is C9H16N4O2. The van der Waals surface area contributed by atoms with Gasteiger partial charge >= 0.3 is 0 Å². The van der Waals surface area contributed by atoms with Gasteiger partial charge in [-0.3, -0.25) is 9.89 Å². The van der Waals surface area contributed by atoms with Crippen LogP contribution in [0.1, 0.15) is 29.8 Å². The first kappa shape index (κ1) is 11.6. The number of aliphatic hydroxyl groups excluding tert-OH is 1. The van der Waals surface area contributed by atoms with Gasteiger partial charge in [0.1, 0.15) is 5.82 Å². The fraction of sp³-hybridized carbons (Fsp3) is 0.667. The molecule has 6 nitrogen and oxygen atoms in total. The van der Waals surface area contributed by atoms with Crippen molar-refractivity contribution < 1.29 is 9.90 Å². The Bertz CT molecular complexity index is 324. The van der Waals surface area contributed by atoms with E-state index in [1.54, 1.807) is 6.92 Å². The fourth-order valence-corrected chi connectivity index (χ4v) is 1.11. The number of amides is 1. The number of H-pyrrole nitrogens is 1. The van der Waals surface area contributed by atoms with Crippen LogP contribution in [0.25, 0.3) is 0 Å². The first-order chi connectivity index (χ1) is 7.13. The maximum atomic E-state index is 11.4. The third kappa shape index (κ3) is 3.67. The van der Waals surface area contributed by atoms with Gasteiger partial charge in [-0.15, -0.1) is 5.10 Å². The second-order valence-electron chi connectivity index (χ2n) is 3.57. The topological polar surface area (TPSA) is 90.9 Å². The molecule has 0 aliphatic heterocycles. The molecule has 6 heteroatoms. The van der Waals surface area contributed by atoms with E-state index in [9.17, 15) is 4.79 Å². The lowest BCUT2D eigenvalue weighted by Gasteiger charge is -2.09. The molecule has 0 bridgehead atoms. The number of rotatable bonds is 5. The number of aryl methyl sites for hydroxylation is 1. The quantitative estimate of drug-likeness (QED) is 0.633. The number of carbonyl (C=O) groups excluding carboxylic acids is 1. The Hall–Kier alpha value is -1.43. The van der Waals surface area contributed by atoms with E-state index in [2.05, 4.69) is 20.5 Å². The number of carbonyl (C=O) groups is 1. The zero-order valence-electron chi connectivity index (χ0n) is 8.95. The molecule has 0 aromatic carbocycles. The van der Waals surface area contributed by atoms with E-state index in [0.29, 0.717) is 18.8 Å². The third-order valence-corrected chi connectivity index (χ3v) is 2.03. The Morgan fingerprint density at radius 2 is 2.40 bits per heavy atom. The highest BCUT2D eigenvalue weighted by Crippen LogP contribution is 1.98. The molecule has 0 fully saturated rings. The average molecular weight is 212 g/mol. The molecule has 0 aliphatic rings. The fourth-order valence-electron chi connectivity index (χ4n) is 1.11. The molecule has 0 aliphatic carbocycles. The van der Waals surface area contributed by atoms with Crippen LogP contribution in [0.5, 0.6) is 0 Å². The molecule has 0 radical (unpaired) electrons. The van der Waals surface area contributed by atoms with Crippen LogP contribution in [0, 0.1) is 12.8 Å². The molecule has 84 valence electrons. The summed E-state index contributed by atoms with van der Waals surface area (Å²) in [7, 11) is 0. The number of aliphatic hydroxyl groups is 1. The zero-order valence-corrected chi connectivity index (χ0v) is 8.95. The van der Waals surface area contributed by atoms with Gasteiger partial charge in [0, 0.05) is 13.2 Å². The van der Waals surface area contributed by atoms with Gasteiger partial charge in [-0.1, -0.05) is 6.92 Å². The van der Waals surface area contributed by atoms with E-state index in [-0.39, 0.29) is 24.3 Å². The van der Waals surface area contributed by atoms with Crippen molar-refractivity contribution in [3.8, 4) is 0 Å². The Kier molecular flexibility index (Phi) is 4.23. The smallest absolute Gasteiger partial charge is 0.290 e. The Morgan fingerprint density at radius 3 is 2.93 bits per heavy atom. The van der Waals surface area contributed by atoms with Gasteiger partial charge in [0.2, 0.25) is 5.82 Å². The molecule has 1 heterocycles. The summed E-state index contributed by atoms with van der Waals surface area (Å²) in [6.07, 6.45) is 0.674. The van der Waals surface area contributed by atoms with Gasteiger partial charge < -0.3 is 10.4 Å². The second kappa shape index (κ2) is 5.45. The van der Waals surface area contributed by atoms with Gasteiger partial charge in [-0.2, -0.15) is 0 Å². The van der Waals surface area contributed by atoms with E-state index < -0.39 is 0 Å². The molecule has 3 N–H and O–H groups in total. The zero-order chi connectivity index (χ0) is 11.3. The molecular weight excluding hydrogens is 196 g/mol. The Labute approximate surface area is 88.1 Å². The summed E-state index contributed by atoms with van der Waals surface area (Å²) in [5.74, 6) is 0.732. The molecule has 1 amide bonds. The summed E-state index contributed by atoms with van der Waals surface area (Å²) in [5, 5.41) is 17.7. The first-order valence-corrected chi connectivity index (χ1v) is 4.91. The van der Waals surface area contributed by atoms with E-state index in [4.69, 9.17) is 5.11 Å². The summed E-state index contributed by atoms with van der Waals surface area (Å²) >= 11 is 0. The largest absolute Gasteiger partial charge is 0.396 e. The van der Waals surface area contributed by atoms with Crippen molar-refractivity contribution in [2.75, 3.05) is 13.2 Å². The van der Waals surface area contributed by atoms with E-state index in [1.165, 1.54) is 0 Å². The number of nitrogens with one attached hydrogen (secondary N) is 2. The van der Waals surface area contributed by atoms with Gasteiger partial charge in [-0.25, -0.2) is 4.98 Å². The van der Waals surface area contributed by atoms with Crippen molar-refractivity contribution in [3.05, 3.63) is 11.6 Å². The summed E-state index contributed by atoms with van der Waals surface area (Å²) < 4.78 is 0. The van der Waals surface area contributed by atoms with Crippen LogP contribution >= 0.6 is 0 Å². The molecule has 1 rings (SSSR count). The molecule has 1 aromatic rings. The Balaban J connectivity index is 2.36. The monoisotopic (exact) mass is 212 g/mol. The number of aromatic nitrogens is 3. The lowest BCUT2D eigenvalue weighted by Crippen LogP contribution is -2.29. The van der Waals surface area contributed by atoms with Crippen LogP contribution in [-0.4, -0.2) is 39.3 Å². The third-order valence-electron chi connectivity index (χ3n) is 2.03. The Morgan fingerprint density at radius 1 is 1.67 bits per heavy atom. The molecule has 0 saturated carbocycles. The second-order valence-corrected chi connectivity index (χ2v) is 3.57. The standard InChI is InChI=1S/C9H16N4O2/c1-6(3-4-14)5-10-9(15)8-11-7(2)12-13-8/h6,14H,3-5H2,1-2H3,(H,10,15)(H,11,12,13). The lowest BCUT2D eigenvalue weighted by atomic mass is 10.1. The number of hydrogen-bond acceptors (Lipinski definition) is 4. The summed E-state index contributed by atoms with van der Waals surface area (Å²) in [4.78, 5) is 15.4. The van der Waals surface area contributed by atoms with Gasteiger partial charge in [0.05, 0.1) is 0 Å². The maximum absolute atomic E-state index is 11.4. The van der Waals surface area contributed by atoms with Crippen molar-refractivity contribution in [2.45, 2.75) is 20.3 Å². The average Bonchev–Trinajstić information content (AvgIpc) is 2.62. The minimum absolute atomic E-state index is 0.136. The maximum Gasteiger partial charge on any atom is 0.290 e. The summed E-state index contributed by atoms with van der Waals surface area (Å²) in [6, 6.07) is 0. The number of hydrogen-bond donors (Lipinski definition) is 3. The van der Waals surface area contributed by atoms with Gasteiger partial charge in [0.25, 0.3) is 5.91 Å². The minimum atomic E-state index is -0.288. The van der Waals surface area contributed by atoms with Crippen LogP contribution < -0.4 is 5.32 Å². The van der Waals surface area contributed by atoms with Crippen LogP contribution in [-0.2, 0) is 0 Å². The van der Waals surface area contributed by atoms with Crippen LogP contribution in [0.3, 0.4) is 0 Å². The van der Waals surface area contributed by atoms with Crippen molar-refractivity contribution in [3.63, 3.8) is 0 Å². The van der Waals surface area contributed by atoms with Crippen LogP contribution in [0.4, 0.5) is 0 Å². The van der Waals surface area contributed by atoms with E-state index in [1.807, 2.05) is 6.92 Å². The predicted molar refractivity (Wildman–Crippen MR) is 54.3 cm³/mol. The number of nitrogens with zero attached hydrogens (tertiary/aromatic N) is 2. The predicted octanol–water partition coefficient (Wildman–Crippen LogP) is -0.139. The summed E-state index contributed by atoms with van der Waals surface area (Å²) in [5.41, 5.74) is 0. The van der Waals surface area contributed by atoms with Crippen molar-refractivity contribution in [2.24, 2.45) is 5.92 Å². The highest BCUT2D eigenvalue weighted by molar-refractivity contribution is 5.90. The summed E-state index contributed by atoms with van der Waals surface area (Å²) in [6.45, 7) is 4.35. The highest BCUT2D eigenvalue weighted by Gasteiger charge is 2.11. The van der Waals surface area contributed by atoms with Crippen LogP contribution in [0.15, 0.2) is 0 Å². The normalized spacial score (nSPS) is 12.5. The molecule has 15 heavy (non-hydrogen) atoms. The van der Waals surface area contributed by atoms with Gasteiger partial charge in [-0.05, 0) is 19.3 Å². The first-order valence-electron chi connectivity index (χ1n) is 4.91. The minimum Gasteiger partial charge on any atom is -0.396 e. The molecule has 0 spiro atoms. The molecule has 1 unspecified atom stereocenters. The van der Waals surface area contributed by atoms with E-state index >= 15 is 0 Å². The molecule has 0 saturated heterocycles. The van der Waals surface area contributed by atoms with E-state index in [0.717, 1.165) is 0 Å². The lowest BCUT2D eigenvalue weighted by molar-refractivity contribution is 0.0935. The highest BCUT2D eigenvalue weighted by atomic mass is 16.3. The van der Waals surface area contributed by atoms with Crippen molar-refractivity contribution in [1.29, 1.82) is 0 Å².